The molecule has 0 bridgehead atoms. The predicted octanol–water partition coefficient (Wildman–Crippen LogP) is 5.13. The number of benzene rings is 3. The Labute approximate surface area is 157 Å². The first-order valence-electron chi connectivity index (χ1n) is 8.72. The van der Waals surface area contributed by atoms with Crippen LogP contribution >= 0.6 is 0 Å². The van der Waals surface area contributed by atoms with Crippen molar-refractivity contribution >= 4 is 34.4 Å². The number of carbonyl (C=O) groups excluding carboxylic acids is 3. The fraction of sp³-hybridized carbons (Fsp3) is 0.0870. The number of rotatable bonds is 2. The van der Waals surface area contributed by atoms with Crippen molar-refractivity contribution in [3.63, 3.8) is 0 Å². The van der Waals surface area contributed by atoms with Gasteiger partial charge in [-0.1, -0.05) is 24.3 Å². The van der Waals surface area contributed by atoms with Crippen LogP contribution in [0.5, 0.6) is 0 Å². The van der Waals surface area contributed by atoms with E-state index in [0.717, 1.165) is 17.1 Å². The van der Waals surface area contributed by atoms with Gasteiger partial charge in [-0.25, -0.2) is 0 Å². The van der Waals surface area contributed by atoms with Crippen LogP contribution in [0.2, 0.25) is 0 Å². The fourth-order valence-electron chi connectivity index (χ4n) is 3.40. The summed E-state index contributed by atoms with van der Waals surface area (Å²) in [5.74, 6) is -0.411. The van der Waals surface area contributed by atoms with Crippen molar-refractivity contribution in [2.24, 2.45) is 0 Å². The topological polar surface area (TPSA) is 54.5 Å². The van der Waals surface area contributed by atoms with Crippen LogP contribution in [0.25, 0.3) is 0 Å². The fourth-order valence-corrected chi connectivity index (χ4v) is 3.40. The molecule has 0 saturated carbocycles. The van der Waals surface area contributed by atoms with E-state index in [0.29, 0.717) is 16.7 Å². The van der Waals surface area contributed by atoms with Gasteiger partial charge in [0.25, 0.3) is 0 Å². The number of nitrogens with zero attached hydrogens (tertiary/aromatic N) is 1. The summed E-state index contributed by atoms with van der Waals surface area (Å²) in [6.45, 7) is 1.52. The standard InChI is InChI=1S/C23H17NO3/c1-15(25)16-10-12-17(13-11-16)24-20-8-4-2-6-18(20)22(26)14-23(27)19-7-3-5-9-21(19)24/h2-13H,14H2,1H3. The number of hydrogen-bond acceptors (Lipinski definition) is 4. The highest BCUT2D eigenvalue weighted by atomic mass is 16.1. The number of anilines is 3. The van der Waals surface area contributed by atoms with Crippen LogP contribution < -0.4 is 4.90 Å². The lowest BCUT2D eigenvalue weighted by atomic mass is 9.94. The van der Waals surface area contributed by atoms with Crippen molar-refractivity contribution in [1.82, 2.24) is 0 Å². The van der Waals surface area contributed by atoms with E-state index in [2.05, 4.69) is 0 Å². The van der Waals surface area contributed by atoms with Gasteiger partial charge in [-0.15, -0.1) is 0 Å². The minimum atomic E-state index is -0.199. The molecule has 4 rings (SSSR count). The molecule has 0 unspecified atom stereocenters. The Balaban J connectivity index is 1.99. The van der Waals surface area contributed by atoms with Crippen LogP contribution in [0.4, 0.5) is 17.1 Å². The average molecular weight is 355 g/mol. The van der Waals surface area contributed by atoms with Gasteiger partial charge >= 0.3 is 0 Å². The molecule has 27 heavy (non-hydrogen) atoms. The van der Waals surface area contributed by atoms with Crippen molar-refractivity contribution in [2.45, 2.75) is 13.3 Å². The molecule has 0 N–H and O–H groups in total. The van der Waals surface area contributed by atoms with E-state index in [1.165, 1.54) is 6.92 Å². The van der Waals surface area contributed by atoms with Gasteiger partial charge < -0.3 is 4.90 Å². The minimum absolute atomic E-state index is 0.0135. The lowest BCUT2D eigenvalue weighted by Crippen LogP contribution is -2.22. The first kappa shape index (κ1) is 16.9. The second kappa shape index (κ2) is 6.65. The number of carbonyl (C=O) groups is 3. The molecular weight excluding hydrogens is 338 g/mol. The molecule has 0 radical (unpaired) electrons. The molecule has 1 heterocycles. The van der Waals surface area contributed by atoms with Crippen LogP contribution in [0.15, 0.2) is 72.8 Å². The first-order valence-corrected chi connectivity index (χ1v) is 8.72. The SMILES string of the molecule is CC(=O)c1ccc(N2c3ccccc3C(=O)CC(=O)c3ccccc32)cc1. The maximum Gasteiger partial charge on any atom is 0.172 e. The Bertz CT molecular complexity index is 1010. The molecule has 0 atom stereocenters. The lowest BCUT2D eigenvalue weighted by molar-refractivity contribution is 0.0893. The summed E-state index contributed by atoms with van der Waals surface area (Å²) in [4.78, 5) is 38.9. The Morgan fingerprint density at radius 3 is 1.70 bits per heavy atom. The normalized spacial score (nSPS) is 13.4. The van der Waals surface area contributed by atoms with E-state index >= 15 is 0 Å². The Morgan fingerprint density at radius 1 is 0.741 bits per heavy atom. The Kier molecular flexibility index (Phi) is 4.16. The van der Waals surface area contributed by atoms with Gasteiger partial charge in [0, 0.05) is 22.4 Å². The molecular formula is C23H17NO3. The van der Waals surface area contributed by atoms with E-state index in [1.54, 1.807) is 36.4 Å². The summed E-state index contributed by atoms with van der Waals surface area (Å²) in [6.07, 6.45) is -0.148. The molecule has 0 aromatic heterocycles. The smallest absolute Gasteiger partial charge is 0.172 e. The van der Waals surface area contributed by atoms with Gasteiger partial charge in [0.1, 0.15) is 0 Å². The van der Waals surface area contributed by atoms with Crippen LogP contribution in [0.1, 0.15) is 44.4 Å². The van der Waals surface area contributed by atoms with Gasteiger partial charge in [-0.2, -0.15) is 0 Å². The number of ketones is 3. The average Bonchev–Trinajstić information content (AvgIpc) is 2.68. The highest BCUT2D eigenvalue weighted by Crippen LogP contribution is 2.40. The van der Waals surface area contributed by atoms with Gasteiger partial charge in [-0.05, 0) is 55.5 Å². The van der Waals surface area contributed by atoms with E-state index < -0.39 is 0 Å². The molecule has 132 valence electrons. The quantitative estimate of drug-likeness (QED) is 0.472. The second-order valence-corrected chi connectivity index (χ2v) is 6.50. The second-order valence-electron chi connectivity index (χ2n) is 6.50. The van der Waals surface area contributed by atoms with Gasteiger partial charge in [0.2, 0.25) is 0 Å². The predicted molar refractivity (Wildman–Crippen MR) is 104 cm³/mol. The summed E-state index contributed by atoms with van der Waals surface area (Å²) in [6, 6.07) is 21.8. The molecule has 1 aliphatic heterocycles. The zero-order chi connectivity index (χ0) is 19.0. The van der Waals surface area contributed by atoms with E-state index in [9.17, 15) is 14.4 Å². The first-order chi connectivity index (χ1) is 13.1. The summed E-state index contributed by atoms with van der Waals surface area (Å²) in [5.41, 5.74) is 3.85. The third kappa shape index (κ3) is 2.95. The van der Waals surface area contributed by atoms with E-state index in [4.69, 9.17) is 0 Å². The van der Waals surface area contributed by atoms with Gasteiger partial charge in [0.05, 0.1) is 17.8 Å². The molecule has 4 nitrogen and oxygen atoms in total. The van der Waals surface area contributed by atoms with Crippen molar-refractivity contribution in [2.75, 3.05) is 4.90 Å². The third-order valence-electron chi connectivity index (χ3n) is 4.74. The van der Waals surface area contributed by atoms with Gasteiger partial charge in [-0.3, -0.25) is 14.4 Å². The highest BCUT2D eigenvalue weighted by Gasteiger charge is 2.28. The number of para-hydroxylation sites is 2. The molecule has 0 saturated heterocycles. The zero-order valence-electron chi connectivity index (χ0n) is 14.8. The molecule has 3 aromatic carbocycles. The Hall–Kier alpha value is -3.53. The molecule has 0 aliphatic carbocycles. The number of fused-ring (bicyclic) bond motifs is 2. The van der Waals surface area contributed by atoms with E-state index in [-0.39, 0.29) is 23.8 Å². The Morgan fingerprint density at radius 2 is 1.22 bits per heavy atom. The molecule has 0 spiro atoms. The molecule has 0 amide bonds. The van der Waals surface area contributed by atoms with Crippen LogP contribution in [-0.4, -0.2) is 17.3 Å². The van der Waals surface area contributed by atoms with Crippen LogP contribution in [0.3, 0.4) is 0 Å². The van der Waals surface area contributed by atoms with Crippen LogP contribution in [0, 0.1) is 0 Å². The zero-order valence-corrected chi connectivity index (χ0v) is 14.8. The maximum atomic E-state index is 12.7. The molecule has 4 heteroatoms. The summed E-state index contributed by atoms with van der Waals surface area (Å²) in [5, 5.41) is 0. The molecule has 3 aromatic rings. The highest BCUT2D eigenvalue weighted by molar-refractivity contribution is 6.19. The number of Topliss-reactive ketones (excluding diaryl/α,β-unsaturated/α-hetero) is 3. The van der Waals surface area contributed by atoms with Gasteiger partial charge in [0.15, 0.2) is 17.3 Å². The third-order valence-corrected chi connectivity index (χ3v) is 4.74. The lowest BCUT2D eigenvalue weighted by Gasteiger charge is -2.30. The monoisotopic (exact) mass is 355 g/mol. The van der Waals surface area contributed by atoms with Crippen molar-refractivity contribution in [3.05, 3.63) is 89.5 Å². The molecule has 1 aliphatic rings. The van der Waals surface area contributed by atoms with Crippen molar-refractivity contribution in [3.8, 4) is 0 Å². The summed E-state index contributed by atoms with van der Waals surface area (Å²) >= 11 is 0. The van der Waals surface area contributed by atoms with Crippen molar-refractivity contribution < 1.29 is 14.4 Å². The van der Waals surface area contributed by atoms with Crippen molar-refractivity contribution in [1.29, 1.82) is 0 Å². The summed E-state index contributed by atoms with van der Waals surface area (Å²) < 4.78 is 0. The largest absolute Gasteiger partial charge is 0.309 e. The maximum absolute atomic E-state index is 12.7. The van der Waals surface area contributed by atoms with Crippen LogP contribution in [-0.2, 0) is 0 Å². The minimum Gasteiger partial charge on any atom is -0.309 e. The number of hydrogen-bond donors (Lipinski definition) is 0. The molecule has 0 fully saturated rings. The van der Waals surface area contributed by atoms with E-state index in [1.807, 2.05) is 41.3 Å². The summed E-state index contributed by atoms with van der Waals surface area (Å²) in [7, 11) is 0.